The third-order valence-electron chi connectivity index (χ3n) is 3.20. The lowest BCUT2D eigenvalue weighted by atomic mass is 10.1. The summed E-state index contributed by atoms with van der Waals surface area (Å²) in [5, 5.41) is 2.62. The molecule has 1 amide bonds. The summed E-state index contributed by atoms with van der Waals surface area (Å²) >= 11 is 1.57. The van der Waals surface area contributed by atoms with Crippen molar-refractivity contribution in [3.8, 4) is 0 Å². The second-order valence-corrected chi connectivity index (χ2v) is 6.37. The Bertz CT molecular complexity index is 803. The molecule has 6 nitrogen and oxygen atoms in total. The molecule has 130 valence electrons. The molecule has 2 aromatic rings. The predicted octanol–water partition coefficient (Wildman–Crippen LogP) is 3.28. The summed E-state index contributed by atoms with van der Waals surface area (Å²) in [6.45, 7) is 1.98. The molecule has 25 heavy (non-hydrogen) atoms. The maximum absolute atomic E-state index is 12.1. The average molecular weight is 359 g/mol. The van der Waals surface area contributed by atoms with E-state index >= 15 is 0 Å². The first-order valence-electron chi connectivity index (χ1n) is 7.30. The van der Waals surface area contributed by atoms with Crippen molar-refractivity contribution in [3.63, 3.8) is 0 Å². The van der Waals surface area contributed by atoms with Crippen molar-refractivity contribution < 1.29 is 23.9 Å². The Labute approximate surface area is 149 Å². The van der Waals surface area contributed by atoms with Gasteiger partial charge in [0.15, 0.2) is 0 Å². The molecule has 0 saturated heterocycles. The van der Waals surface area contributed by atoms with Crippen LogP contribution in [0.2, 0.25) is 0 Å². The van der Waals surface area contributed by atoms with Gasteiger partial charge in [0, 0.05) is 21.5 Å². The van der Waals surface area contributed by atoms with Gasteiger partial charge in [0.25, 0.3) is 0 Å². The van der Waals surface area contributed by atoms with Crippen LogP contribution in [-0.4, -0.2) is 32.1 Å². The van der Waals surface area contributed by atoms with E-state index in [9.17, 15) is 14.4 Å². The van der Waals surface area contributed by atoms with E-state index in [4.69, 9.17) is 0 Å². The maximum Gasteiger partial charge on any atom is 0.337 e. The Morgan fingerprint density at radius 3 is 2.08 bits per heavy atom. The topological polar surface area (TPSA) is 81.7 Å². The first kappa shape index (κ1) is 18.4. The van der Waals surface area contributed by atoms with Crippen LogP contribution >= 0.6 is 11.3 Å². The molecule has 0 radical (unpaired) electrons. The number of ether oxygens (including phenoxy) is 2. The number of anilines is 1. The number of carbonyl (C=O) groups is 3. The lowest BCUT2D eigenvalue weighted by molar-refractivity contribution is -0.111. The number of amides is 1. The number of aryl methyl sites for hydroxylation is 1. The van der Waals surface area contributed by atoms with Gasteiger partial charge in [-0.15, -0.1) is 11.3 Å². The third-order valence-corrected chi connectivity index (χ3v) is 4.17. The van der Waals surface area contributed by atoms with Crippen molar-refractivity contribution in [1.82, 2.24) is 0 Å². The van der Waals surface area contributed by atoms with Crippen LogP contribution in [0.15, 0.2) is 36.4 Å². The minimum Gasteiger partial charge on any atom is -0.465 e. The number of hydrogen-bond acceptors (Lipinski definition) is 6. The molecule has 1 aromatic heterocycles. The number of hydrogen-bond donors (Lipinski definition) is 1. The lowest BCUT2D eigenvalue weighted by Gasteiger charge is -2.08. The summed E-state index contributed by atoms with van der Waals surface area (Å²) in [4.78, 5) is 37.6. The molecule has 0 saturated carbocycles. The SMILES string of the molecule is COC(=O)c1cc(NC(=O)C=Cc2ccc(C)s2)cc(C(=O)OC)c1. The van der Waals surface area contributed by atoms with E-state index < -0.39 is 11.9 Å². The zero-order chi connectivity index (χ0) is 18.4. The van der Waals surface area contributed by atoms with Crippen LogP contribution in [0.5, 0.6) is 0 Å². The molecular formula is C18H17NO5S. The Morgan fingerprint density at radius 2 is 1.60 bits per heavy atom. The molecule has 0 fully saturated rings. The number of nitrogens with one attached hydrogen (secondary N) is 1. The molecule has 0 unspecified atom stereocenters. The largest absolute Gasteiger partial charge is 0.465 e. The Hall–Kier alpha value is -2.93. The van der Waals surface area contributed by atoms with Gasteiger partial charge in [-0.3, -0.25) is 4.79 Å². The monoisotopic (exact) mass is 359 g/mol. The molecular weight excluding hydrogens is 342 g/mol. The molecule has 0 spiro atoms. The second-order valence-electron chi connectivity index (χ2n) is 5.05. The molecule has 0 aliphatic rings. The van der Waals surface area contributed by atoms with Gasteiger partial charge in [0.1, 0.15) is 0 Å². The summed E-state index contributed by atoms with van der Waals surface area (Å²) in [5.41, 5.74) is 0.567. The highest BCUT2D eigenvalue weighted by Gasteiger charge is 2.14. The number of esters is 2. The van der Waals surface area contributed by atoms with Crippen LogP contribution in [0.1, 0.15) is 30.5 Å². The molecule has 1 heterocycles. The fourth-order valence-corrected chi connectivity index (χ4v) is 2.84. The highest BCUT2D eigenvalue weighted by molar-refractivity contribution is 7.12. The van der Waals surface area contributed by atoms with E-state index in [0.717, 1.165) is 9.75 Å². The van der Waals surface area contributed by atoms with Crippen molar-refractivity contribution in [3.05, 3.63) is 57.3 Å². The Morgan fingerprint density at radius 1 is 1.00 bits per heavy atom. The summed E-state index contributed by atoms with van der Waals surface area (Å²) in [5.74, 6) is -1.62. The number of thiophene rings is 1. The van der Waals surface area contributed by atoms with Gasteiger partial charge in [-0.25, -0.2) is 9.59 Å². The molecule has 0 atom stereocenters. The normalized spacial score (nSPS) is 10.5. The number of methoxy groups -OCH3 is 2. The van der Waals surface area contributed by atoms with Gasteiger partial charge in [-0.2, -0.15) is 0 Å². The van der Waals surface area contributed by atoms with Gasteiger partial charge in [0.2, 0.25) is 5.91 Å². The van der Waals surface area contributed by atoms with Crippen LogP contribution < -0.4 is 5.32 Å². The number of rotatable bonds is 5. The van der Waals surface area contributed by atoms with E-state index in [0.29, 0.717) is 5.69 Å². The zero-order valence-electron chi connectivity index (χ0n) is 14.0. The average Bonchev–Trinajstić information content (AvgIpc) is 3.03. The minimum absolute atomic E-state index is 0.138. The molecule has 2 rings (SSSR count). The zero-order valence-corrected chi connectivity index (χ0v) is 14.8. The van der Waals surface area contributed by atoms with Gasteiger partial charge in [-0.05, 0) is 43.3 Å². The fourth-order valence-electron chi connectivity index (χ4n) is 2.06. The van der Waals surface area contributed by atoms with Crippen molar-refractivity contribution in [2.45, 2.75) is 6.92 Å². The van der Waals surface area contributed by atoms with E-state index in [1.165, 1.54) is 38.5 Å². The summed E-state index contributed by atoms with van der Waals surface area (Å²) in [6, 6.07) is 8.08. The first-order valence-corrected chi connectivity index (χ1v) is 8.12. The number of carbonyl (C=O) groups excluding carboxylic acids is 3. The molecule has 0 bridgehead atoms. The van der Waals surface area contributed by atoms with Crippen molar-refractivity contribution in [2.24, 2.45) is 0 Å². The lowest BCUT2D eigenvalue weighted by Crippen LogP contribution is -2.12. The van der Waals surface area contributed by atoms with Crippen molar-refractivity contribution in [2.75, 3.05) is 19.5 Å². The van der Waals surface area contributed by atoms with Crippen LogP contribution in [0, 0.1) is 6.92 Å². The fraction of sp³-hybridized carbons (Fsp3) is 0.167. The molecule has 1 N–H and O–H groups in total. The number of benzene rings is 1. The van der Waals surface area contributed by atoms with E-state index in [2.05, 4.69) is 14.8 Å². The second kappa shape index (κ2) is 8.25. The van der Waals surface area contributed by atoms with Crippen LogP contribution in [0.3, 0.4) is 0 Å². The van der Waals surface area contributed by atoms with Crippen LogP contribution in [-0.2, 0) is 14.3 Å². The minimum atomic E-state index is -0.620. The third kappa shape index (κ3) is 5.02. The molecule has 0 aliphatic carbocycles. The van der Waals surface area contributed by atoms with Gasteiger partial charge in [-0.1, -0.05) is 0 Å². The highest BCUT2D eigenvalue weighted by Crippen LogP contribution is 2.18. The highest BCUT2D eigenvalue weighted by atomic mass is 32.1. The predicted molar refractivity (Wildman–Crippen MR) is 95.8 cm³/mol. The Balaban J connectivity index is 2.22. The summed E-state index contributed by atoms with van der Waals surface area (Å²) < 4.78 is 9.31. The summed E-state index contributed by atoms with van der Waals surface area (Å²) in [7, 11) is 2.47. The maximum atomic E-state index is 12.1. The van der Waals surface area contributed by atoms with Crippen molar-refractivity contribution in [1.29, 1.82) is 0 Å². The molecule has 1 aromatic carbocycles. The van der Waals surface area contributed by atoms with Crippen LogP contribution in [0.4, 0.5) is 5.69 Å². The first-order chi connectivity index (χ1) is 11.9. The van der Waals surface area contributed by atoms with E-state index in [-0.39, 0.29) is 17.0 Å². The smallest absolute Gasteiger partial charge is 0.337 e. The van der Waals surface area contributed by atoms with Crippen molar-refractivity contribution >= 4 is 40.9 Å². The molecule has 7 heteroatoms. The summed E-state index contributed by atoms with van der Waals surface area (Å²) in [6.07, 6.45) is 3.08. The van der Waals surface area contributed by atoms with Gasteiger partial charge >= 0.3 is 11.9 Å². The van der Waals surface area contributed by atoms with Crippen LogP contribution in [0.25, 0.3) is 6.08 Å². The van der Waals surface area contributed by atoms with E-state index in [1.807, 2.05) is 19.1 Å². The Kier molecular flexibility index (Phi) is 6.08. The standard InChI is InChI=1S/C18H17NO5S/c1-11-4-5-15(25-11)6-7-16(20)19-14-9-12(17(21)23-2)8-13(10-14)18(22)24-3/h4-10H,1-3H3,(H,19,20). The molecule has 0 aliphatic heterocycles. The van der Waals surface area contributed by atoms with Gasteiger partial charge < -0.3 is 14.8 Å². The quantitative estimate of drug-likeness (QED) is 0.654. The van der Waals surface area contributed by atoms with Gasteiger partial charge in [0.05, 0.1) is 25.3 Å². The van der Waals surface area contributed by atoms with E-state index in [1.54, 1.807) is 17.4 Å².